The summed E-state index contributed by atoms with van der Waals surface area (Å²) in [5.74, 6) is 0.187. The van der Waals surface area contributed by atoms with E-state index in [9.17, 15) is 15.0 Å². The number of phenols is 1. The van der Waals surface area contributed by atoms with E-state index in [0.29, 0.717) is 6.54 Å². The Kier molecular flexibility index (Phi) is 5.16. The van der Waals surface area contributed by atoms with E-state index in [0.717, 1.165) is 21.9 Å². The summed E-state index contributed by atoms with van der Waals surface area (Å²) in [5, 5.41) is 27.0. The second-order valence-corrected chi connectivity index (χ2v) is 5.85. The molecule has 1 unspecified atom stereocenters. The summed E-state index contributed by atoms with van der Waals surface area (Å²) < 4.78 is 0. The van der Waals surface area contributed by atoms with Crippen LogP contribution in [0.1, 0.15) is 17.2 Å². The molecule has 0 bridgehead atoms. The smallest absolute Gasteiger partial charge is 0.315 e. The van der Waals surface area contributed by atoms with Crippen LogP contribution in [0.25, 0.3) is 10.8 Å². The van der Waals surface area contributed by atoms with E-state index in [1.165, 1.54) is 0 Å². The summed E-state index contributed by atoms with van der Waals surface area (Å²) in [6.07, 6.45) is -0.774. The van der Waals surface area contributed by atoms with Crippen LogP contribution in [-0.2, 0) is 6.54 Å². The largest absolute Gasteiger partial charge is 0.508 e. The molecule has 1 atom stereocenters. The molecule has 0 radical (unpaired) electrons. The van der Waals surface area contributed by atoms with Crippen molar-refractivity contribution in [2.75, 3.05) is 6.54 Å². The Bertz CT molecular complexity index is 862. The molecular formula is C20H20N2O3. The quantitative estimate of drug-likeness (QED) is 0.578. The number of fused-ring (bicyclic) bond motifs is 1. The third kappa shape index (κ3) is 4.49. The number of aliphatic hydroxyl groups excluding tert-OH is 1. The van der Waals surface area contributed by atoms with Gasteiger partial charge in [-0.15, -0.1) is 0 Å². The van der Waals surface area contributed by atoms with Crippen molar-refractivity contribution >= 4 is 16.8 Å². The van der Waals surface area contributed by atoms with Gasteiger partial charge >= 0.3 is 6.03 Å². The van der Waals surface area contributed by atoms with E-state index in [1.807, 2.05) is 42.5 Å². The molecule has 25 heavy (non-hydrogen) atoms. The fraction of sp³-hybridized carbons (Fsp3) is 0.150. The number of aromatic hydroxyl groups is 1. The van der Waals surface area contributed by atoms with Gasteiger partial charge in [0.25, 0.3) is 0 Å². The minimum absolute atomic E-state index is 0.125. The highest BCUT2D eigenvalue weighted by atomic mass is 16.3. The second kappa shape index (κ2) is 7.68. The van der Waals surface area contributed by atoms with Crippen LogP contribution in [0.4, 0.5) is 4.79 Å². The molecule has 0 saturated carbocycles. The van der Waals surface area contributed by atoms with Crippen LogP contribution in [-0.4, -0.2) is 22.8 Å². The van der Waals surface area contributed by atoms with Gasteiger partial charge in [0.15, 0.2) is 0 Å². The first-order valence-corrected chi connectivity index (χ1v) is 8.08. The zero-order valence-corrected chi connectivity index (χ0v) is 13.6. The molecule has 0 aliphatic rings. The summed E-state index contributed by atoms with van der Waals surface area (Å²) >= 11 is 0. The second-order valence-electron chi connectivity index (χ2n) is 5.85. The van der Waals surface area contributed by atoms with Gasteiger partial charge in [-0.1, -0.05) is 48.5 Å². The Morgan fingerprint density at radius 3 is 2.40 bits per heavy atom. The number of hydrogen-bond donors (Lipinski definition) is 4. The third-order valence-electron chi connectivity index (χ3n) is 4.00. The highest BCUT2D eigenvalue weighted by Crippen LogP contribution is 2.20. The van der Waals surface area contributed by atoms with E-state index >= 15 is 0 Å². The minimum Gasteiger partial charge on any atom is -0.508 e. The fourth-order valence-electron chi connectivity index (χ4n) is 2.58. The molecule has 5 nitrogen and oxygen atoms in total. The average Bonchev–Trinajstić information content (AvgIpc) is 2.65. The van der Waals surface area contributed by atoms with Crippen molar-refractivity contribution in [1.29, 1.82) is 0 Å². The first kappa shape index (κ1) is 16.8. The average molecular weight is 336 g/mol. The molecule has 0 spiro atoms. The maximum absolute atomic E-state index is 11.8. The lowest BCUT2D eigenvalue weighted by molar-refractivity contribution is 0.173. The Balaban J connectivity index is 1.51. The minimum atomic E-state index is -0.774. The van der Waals surface area contributed by atoms with E-state index in [-0.39, 0.29) is 18.3 Å². The first-order chi connectivity index (χ1) is 12.1. The molecular weight excluding hydrogens is 316 g/mol. The molecule has 128 valence electrons. The highest BCUT2D eigenvalue weighted by Gasteiger charge is 2.10. The molecule has 0 aliphatic carbocycles. The van der Waals surface area contributed by atoms with Crippen LogP contribution >= 0.6 is 0 Å². The summed E-state index contributed by atoms with van der Waals surface area (Å²) in [5.41, 5.74) is 1.64. The Morgan fingerprint density at radius 1 is 0.920 bits per heavy atom. The Morgan fingerprint density at radius 2 is 1.64 bits per heavy atom. The zero-order chi connectivity index (χ0) is 17.6. The molecule has 0 heterocycles. The van der Waals surface area contributed by atoms with Gasteiger partial charge in [0, 0.05) is 13.1 Å². The first-order valence-electron chi connectivity index (χ1n) is 8.08. The molecule has 0 saturated heterocycles. The lowest BCUT2D eigenvalue weighted by atomic mass is 10.0. The topological polar surface area (TPSA) is 81.6 Å². The van der Waals surface area contributed by atoms with Gasteiger partial charge in [-0.2, -0.15) is 0 Å². The number of rotatable bonds is 5. The molecule has 3 rings (SSSR count). The molecule has 0 fully saturated rings. The van der Waals surface area contributed by atoms with E-state index in [2.05, 4.69) is 10.6 Å². The van der Waals surface area contributed by atoms with E-state index in [1.54, 1.807) is 24.3 Å². The maximum atomic E-state index is 11.8. The fourth-order valence-corrected chi connectivity index (χ4v) is 2.58. The Hall–Kier alpha value is -3.05. The van der Waals surface area contributed by atoms with Gasteiger partial charge in [-0.25, -0.2) is 4.79 Å². The van der Waals surface area contributed by atoms with Crippen LogP contribution in [0, 0.1) is 0 Å². The number of carbonyl (C=O) groups is 1. The lowest BCUT2D eigenvalue weighted by Crippen LogP contribution is -2.37. The van der Waals surface area contributed by atoms with Crippen molar-refractivity contribution < 1.29 is 15.0 Å². The monoisotopic (exact) mass is 336 g/mol. The van der Waals surface area contributed by atoms with E-state index < -0.39 is 6.10 Å². The molecule has 3 aromatic rings. The number of amides is 2. The Labute approximate surface area is 145 Å². The SMILES string of the molecule is O=C(NCc1ccc(O)cc1)NCC(O)c1ccc2ccccc2c1. The maximum Gasteiger partial charge on any atom is 0.315 e. The third-order valence-corrected chi connectivity index (χ3v) is 4.00. The summed E-state index contributed by atoms with van der Waals surface area (Å²) in [7, 11) is 0. The van der Waals surface area contributed by atoms with Crippen molar-refractivity contribution in [2.45, 2.75) is 12.6 Å². The summed E-state index contributed by atoms with van der Waals surface area (Å²) in [6.45, 7) is 0.470. The molecule has 3 aromatic carbocycles. The predicted octanol–water partition coefficient (Wildman–Crippen LogP) is 3.08. The van der Waals surface area contributed by atoms with Crippen molar-refractivity contribution in [2.24, 2.45) is 0 Å². The lowest BCUT2D eigenvalue weighted by Gasteiger charge is -2.14. The standard InChI is InChI=1S/C20H20N2O3/c23-18-9-5-14(6-10-18)12-21-20(25)22-13-19(24)17-8-7-15-3-1-2-4-16(15)11-17/h1-11,19,23-24H,12-13H2,(H2,21,22,25). The van der Waals surface area contributed by atoms with Crippen LogP contribution in [0.2, 0.25) is 0 Å². The van der Waals surface area contributed by atoms with Gasteiger partial charge in [0.05, 0.1) is 6.10 Å². The van der Waals surface area contributed by atoms with Gasteiger partial charge in [0.2, 0.25) is 0 Å². The van der Waals surface area contributed by atoms with Crippen molar-refractivity contribution in [3.8, 4) is 5.75 Å². The van der Waals surface area contributed by atoms with Crippen molar-refractivity contribution in [1.82, 2.24) is 10.6 Å². The summed E-state index contributed by atoms with van der Waals surface area (Å²) in [6, 6.07) is 19.9. The number of aliphatic hydroxyl groups is 1. The van der Waals surface area contributed by atoms with Gasteiger partial charge in [-0.05, 0) is 40.1 Å². The number of nitrogens with one attached hydrogen (secondary N) is 2. The normalized spacial score (nSPS) is 11.9. The number of urea groups is 1. The van der Waals surface area contributed by atoms with Gasteiger partial charge in [0.1, 0.15) is 5.75 Å². The predicted molar refractivity (Wildman–Crippen MR) is 97.3 cm³/mol. The van der Waals surface area contributed by atoms with Crippen LogP contribution in [0.5, 0.6) is 5.75 Å². The number of hydrogen-bond acceptors (Lipinski definition) is 3. The molecule has 0 aliphatic heterocycles. The molecule has 4 N–H and O–H groups in total. The summed E-state index contributed by atoms with van der Waals surface area (Å²) in [4.78, 5) is 11.8. The van der Waals surface area contributed by atoms with Gasteiger partial charge in [-0.3, -0.25) is 0 Å². The van der Waals surface area contributed by atoms with Crippen LogP contribution < -0.4 is 10.6 Å². The molecule has 2 amide bonds. The molecule has 0 aromatic heterocycles. The highest BCUT2D eigenvalue weighted by molar-refractivity contribution is 5.83. The van der Waals surface area contributed by atoms with Crippen molar-refractivity contribution in [3.05, 3.63) is 77.9 Å². The molecule has 5 heteroatoms. The van der Waals surface area contributed by atoms with Crippen LogP contribution in [0.15, 0.2) is 66.7 Å². The van der Waals surface area contributed by atoms with Crippen molar-refractivity contribution in [3.63, 3.8) is 0 Å². The number of benzene rings is 3. The van der Waals surface area contributed by atoms with Gasteiger partial charge < -0.3 is 20.8 Å². The van der Waals surface area contributed by atoms with Crippen LogP contribution in [0.3, 0.4) is 0 Å². The van der Waals surface area contributed by atoms with E-state index in [4.69, 9.17) is 0 Å². The number of phenolic OH excluding ortho intramolecular Hbond substituents is 1. The zero-order valence-electron chi connectivity index (χ0n) is 13.6. The number of carbonyl (C=O) groups excluding carboxylic acids is 1.